The maximum absolute atomic E-state index is 12.1. The zero-order valence-corrected chi connectivity index (χ0v) is 17.0. The molecule has 0 aliphatic rings. The van der Waals surface area contributed by atoms with E-state index in [4.69, 9.17) is 14.7 Å². The topological polar surface area (TPSA) is 109 Å². The molecular formula is C22H23N3O5. The molecule has 0 aromatic heterocycles. The van der Waals surface area contributed by atoms with Gasteiger partial charge in [0.25, 0.3) is 5.91 Å². The molecule has 0 aliphatic carbocycles. The van der Waals surface area contributed by atoms with E-state index in [2.05, 4.69) is 5.32 Å². The number of likely N-dealkylation sites (N-methyl/N-ethyl adjacent to an activating group) is 1. The van der Waals surface area contributed by atoms with Gasteiger partial charge in [0, 0.05) is 12.7 Å². The van der Waals surface area contributed by atoms with Gasteiger partial charge in [0.1, 0.15) is 5.75 Å². The van der Waals surface area contributed by atoms with Crippen LogP contribution in [-0.4, -0.2) is 49.0 Å². The van der Waals surface area contributed by atoms with E-state index in [9.17, 15) is 14.4 Å². The number of aryl methyl sites for hydroxylation is 1. The molecule has 0 bridgehead atoms. The summed E-state index contributed by atoms with van der Waals surface area (Å²) in [5.41, 5.74) is 2.17. The summed E-state index contributed by atoms with van der Waals surface area (Å²) in [5.74, 6) is -1.20. The van der Waals surface area contributed by atoms with Crippen LogP contribution < -0.4 is 10.1 Å². The lowest BCUT2D eigenvalue weighted by Gasteiger charge is -2.18. The second-order valence-electron chi connectivity index (χ2n) is 6.67. The van der Waals surface area contributed by atoms with E-state index >= 15 is 0 Å². The average molecular weight is 409 g/mol. The third-order valence-corrected chi connectivity index (χ3v) is 4.11. The number of anilines is 1. The number of nitriles is 1. The molecule has 0 saturated carbocycles. The number of amides is 2. The van der Waals surface area contributed by atoms with Crippen LogP contribution in [0.2, 0.25) is 0 Å². The van der Waals surface area contributed by atoms with Crippen molar-refractivity contribution in [3.8, 4) is 11.8 Å². The lowest BCUT2D eigenvalue weighted by Crippen LogP contribution is -2.38. The second kappa shape index (κ2) is 10.6. The highest BCUT2D eigenvalue weighted by atomic mass is 16.6. The highest BCUT2D eigenvalue weighted by molar-refractivity contribution is 5.94. The van der Waals surface area contributed by atoms with Gasteiger partial charge in [-0.1, -0.05) is 17.7 Å². The predicted octanol–water partition coefficient (Wildman–Crippen LogP) is 2.27. The Balaban J connectivity index is 1.75. The first-order chi connectivity index (χ1) is 14.3. The fraction of sp³-hybridized carbons (Fsp3) is 0.273. The first-order valence-electron chi connectivity index (χ1n) is 9.22. The molecule has 1 N–H and O–H groups in total. The minimum absolute atomic E-state index is 0.179. The number of carbonyl (C=O) groups is 3. The molecule has 0 aliphatic heterocycles. The maximum atomic E-state index is 12.1. The van der Waals surface area contributed by atoms with Gasteiger partial charge in [-0.3, -0.25) is 9.59 Å². The molecule has 0 spiro atoms. The van der Waals surface area contributed by atoms with Gasteiger partial charge in [0.15, 0.2) is 12.7 Å². The van der Waals surface area contributed by atoms with Crippen molar-refractivity contribution in [1.82, 2.24) is 4.90 Å². The van der Waals surface area contributed by atoms with E-state index in [1.54, 1.807) is 36.4 Å². The molecule has 2 aromatic carbocycles. The van der Waals surface area contributed by atoms with Crippen LogP contribution in [0.1, 0.15) is 18.1 Å². The van der Waals surface area contributed by atoms with E-state index in [0.717, 1.165) is 5.56 Å². The number of ether oxygens (including phenoxy) is 2. The Morgan fingerprint density at radius 1 is 1.10 bits per heavy atom. The van der Waals surface area contributed by atoms with Gasteiger partial charge >= 0.3 is 5.97 Å². The number of rotatable bonds is 8. The van der Waals surface area contributed by atoms with E-state index < -0.39 is 24.6 Å². The fourth-order valence-corrected chi connectivity index (χ4v) is 2.36. The van der Waals surface area contributed by atoms with E-state index in [1.165, 1.54) is 18.9 Å². The van der Waals surface area contributed by atoms with Gasteiger partial charge in [0.2, 0.25) is 5.91 Å². The van der Waals surface area contributed by atoms with Crippen molar-refractivity contribution in [1.29, 1.82) is 5.26 Å². The average Bonchev–Trinajstić information content (AvgIpc) is 2.73. The van der Waals surface area contributed by atoms with Crippen molar-refractivity contribution in [2.45, 2.75) is 20.0 Å². The number of hydrogen-bond donors (Lipinski definition) is 1. The monoisotopic (exact) mass is 409 g/mol. The fourth-order valence-electron chi connectivity index (χ4n) is 2.36. The third kappa shape index (κ3) is 6.95. The van der Waals surface area contributed by atoms with Crippen LogP contribution in [0, 0.1) is 18.3 Å². The minimum atomic E-state index is -0.944. The predicted molar refractivity (Wildman–Crippen MR) is 110 cm³/mol. The smallest absolute Gasteiger partial charge is 0.347 e. The van der Waals surface area contributed by atoms with Crippen molar-refractivity contribution in [2.75, 3.05) is 25.5 Å². The van der Waals surface area contributed by atoms with Crippen LogP contribution in [0.4, 0.5) is 5.69 Å². The number of carbonyl (C=O) groups excluding carboxylic acids is 3. The molecule has 8 nitrogen and oxygen atoms in total. The molecule has 0 radical (unpaired) electrons. The Kier molecular flexibility index (Phi) is 7.94. The third-order valence-electron chi connectivity index (χ3n) is 4.11. The quantitative estimate of drug-likeness (QED) is 0.670. The summed E-state index contributed by atoms with van der Waals surface area (Å²) in [4.78, 5) is 37.4. The zero-order chi connectivity index (χ0) is 22.1. The second-order valence-corrected chi connectivity index (χ2v) is 6.67. The summed E-state index contributed by atoms with van der Waals surface area (Å²) in [6.07, 6.45) is -0.944. The Bertz CT molecular complexity index is 933. The van der Waals surface area contributed by atoms with Gasteiger partial charge in [-0.05, 0) is 50.2 Å². The zero-order valence-electron chi connectivity index (χ0n) is 17.0. The van der Waals surface area contributed by atoms with Gasteiger partial charge in [-0.2, -0.15) is 5.26 Å². The molecule has 0 fully saturated rings. The summed E-state index contributed by atoms with van der Waals surface area (Å²) in [5, 5.41) is 11.5. The standard InChI is InChI=1S/C22H23N3O5/c1-15-4-8-18(9-5-15)24-20(26)13-25(3)21(27)14-29-22(28)16(2)30-19-10-6-17(12-23)7-11-19/h4-11,16H,13-14H2,1-3H3,(H,24,26)/t16-/m1/s1. The molecule has 1 atom stereocenters. The molecule has 2 aromatic rings. The summed E-state index contributed by atoms with van der Waals surface area (Å²) in [7, 11) is 1.45. The van der Waals surface area contributed by atoms with Gasteiger partial charge in [-0.15, -0.1) is 0 Å². The molecule has 156 valence electrons. The normalized spacial score (nSPS) is 11.0. The highest BCUT2D eigenvalue weighted by Gasteiger charge is 2.20. The summed E-state index contributed by atoms with van der Waals surface area (Å²) >= 11 is 0. The lowest BCUT2D eigenvalue weighted by atomic mass is 10.2. The summed E-state index contributed by atoms with van der Waals surface area (Å²) < 4.78 is 10.4. The number of nitrogens with zero attached hydrogens (tertiary/aromatic N) is 2. The number of nitrogens with one attached hydrogen (secondary N) is 1. The van der Waals surface area contributed by atoms with Crippen LogP contribution in [-0.2, 0) is 19.1 Å². The molecule has 30 heavy (non-hydrogen) atoms. The Morgan fingerprint density at radius 3 is 2.33 bits per heavy atom. The van der Waals surface area contributed by atoms with Gasteiger partial charge in [-0.25, -0.2) is 4.79 Å². The SMILES string of the molecule is Cc1ccc(NC(=O)CN(C)C(=O)COC(=O)[C@@H](C)Oc2ccc(C#N)cc2)cc1. The van der Waals surface area contributed by atoms with Crippen molar-refractivity contribution in [3.05, 3.63) is 59.7 Å². The van der Waals surface area contributed by atoms with Gasteiger partial charge < -0.3 is 19.7 Å². The lowest BCUT2D eigenvalue weighted by molar-refractivity contribution is -0.157. The van der Waals surface area contributed by atoms with Crippen molar-refractivity contribution < 1.29 is 23.9 Å². The first-order valence-corrected chi connectivity index (χ1v) is 9.22. The number of esters is 1. The van der Waals surface area contributed by atoms with E-state index in [0.29, 0.717) is 17.0 Å². The van der Waals surface area contributed by atoms with Crippen LogP contribution in [0.3, 0.4) is 0 Å². The summed E-state index contributed by atoms with van der Waals surface area (Å²) in [6, 6.07) is 15.5. The number of hydrogen-bond acceptors (Lipinski definition) is 6. The van der Waals surface area contributed by atoms with Crippen molar-refractivity contribution >= 4 is 23.5 Å². The Morgan fingerprint density at radius 2 is 1.73 bits per heavy atom. The Labute approximate surface area is 175 Å². The first kappa shape index (κ1) is 22.4. The molecule has 8 heteroatoms. The van der Waals surface area contributed by atoms with Crippen LogP contribution in [0.15, 0.2) is 48.5 Å². The highest BCUT2D eigenvalue weighted by Crippen LogP contribution is 2.14. The molecule has 0 unspecified atom stereocenters. The maximum Gasteiger partial charge on any atom is 0.347 e. The Hall–Kier alpha value is -3.86. The number of benzene rings is 2. The van der Waals surface area contributed by atoms with Crippen LogP contribution in [0.25, 0.3) is 0 Å². The molecule has 0 heterocycles. The minimum Gasteiger partial charge on any atom is -0.479 e. The molecule has 2 amide bonds. The van der Waals surface area contributed by atoms with Crippen molar-refractivity contribution in [2.24, 2.45) is 0 Å². The summed E-state index contributed by atoms with van der Waals surface area (Å²) in [6.45, 7) is 2.75. The molecular weight excluding hydrogens is 386 g/mol. The van der Waals surface area contributed by atoms with E-state index in [-0.39, 0.29) is 12.5 Å². The van der Waals surface area contributed by atoms with Crippen molar-refractivity contribution in [3.63, 3.8) is 0 Å². The molecule has 0 saturated heterocycles. The van der Waals surface area contributed by atoms with Crippen LogP contribution in [0.5, 0.6) is 5.75 Å². The largest absolute Gasteiger partial charge is 0.479 e. The van der Waals surface area contributed by atoms with Gasteiger partial charge in [0.05, 0.1) is 18.2 Å². The molecule has 2 rings (SSSR count). The van der Waals surface area contributed by atoms with E-state index in [1.807, 2.05) is 25.1 Å². The van der Waals surface area contributed by atoms with Crippen LogP contribution >= 0.6 is 0 Å².